The Morgan fingerprint density at radius 1 is 0.902 bits per heavy atom. The number of hydrogen-bond donors (Lipinski definition) is 3. The number of thiophene rings is 1. The topological polar surface area (TPSA) is 130 Å². The van der Waals surface area contributed by atoms with Crippen LogP contribution in [0, 0.1) is 62.1 Å². The highest BCUT2D eigenvalue weighted by atomic mass is 32.1. The first-order valence-corrected chi connectivity index (χ1v) is 20.1. The van der Waals surface area contributed by atoms with Crippen molar-refractivity contribution in [2.45, 2.75) is 139 Å². The standard InChI is InChI=1S/C42H61NO7S/c1-24(2)26-14-19-42(35(47)43-23-25-10-12-28(51-25)34(45)46)21-20-40(8)27(33(26)42)11-13-30-39(7)17-16-31(50-32(44)22-37(3,4)36(48)49)38(5,6)29(39)15-18-41(30,40)9/h10,12,26-27,29-31,33H,1,11,13-23H2,2-9H3,(H,43,47)(H,45,46)(H,48,49)/t26-,27?,29?,30?,31?,33?,39-,40+,41+,42-/m0/s1. The van der Waals surface area contributed by atoms with Crippen LogP contribution in [-0.4, -0.2) is 40.1 Å². The molecule has 5 aliphatic carbocycles. The van der Waals surface area contributed by atoms with E-state index in [1.807, 2.05) is 6.07 Å². The van der Waals surface area contributed by atoms with E-state index >= 15 is 0 Å². The van der Waals surface area contributed by atoms with Gasteiger partial charge in [0.2, 0.25) is 5.91 Å². The number of amides is 1. The number of hydrogen-bond acceptors (Lipinski definition) is 6. The Hall–Kier alpha value is -2.68. The average molecular weight is 724 g/mol. The lowest BCUT2D eigenvalue weighted by atomic mass is 9.32. The number of esters is 1. The highest BCUT2D eigenvalue weighted by molar-refractivity contribution is 7.13. The predicted octanol–water partition coefficient (Wildman–Crippen LogP) is 9.13. The zero-order chi connectivity index (χ0) is 37.5. The molecule has 6 rings (SSSR count). The molecule has 5 aliphatic rings. The van der Waals surface area contributed by atoms with E-state index in [2.05, 4.69) is 53.4 Å². The van der Waals surface area contributed by atoms with E-state index in [0.29, 0.717) is 30.2 Å². The molecule has 0 bridgehead atoms. The van der Waals surface area contributed by atoms with Gasteiger partial charge in [-0.05, 0) is 143 Å². The summed E-state index contributed by atoms with van der Waals surface area (Å²) >= 11 is 1.23. The van der Waals surface area contributed by atoms with E-state index in [4.69, 9.17) is 4.74 Å². The summed E-state index contributed by atoms with van der Waals surface area (Å²) in [5, 5.41) is 22.3. The summed E-state index contributed by atoms with van der Waals surface area (Å²) in [6.45, 7) is 22.3. The summed E-state index contributed by atoms with van der Waals surface area (Å²) < 4.78 is 6.15. The molecule has 0 aromatic carbocycles. The first-order chi connectivity index (χ1) is 23.6. The molecule has 1 heterocycles. The van der Waals surface area contributed by atoms with Crippen LogP contribution in [0.3, 0.4) is 0 Å². The smallest absolute Gasteiger partial charge is 0.345 e. The van der Waals surface area contributed by atoms with Crippen molar-refractivity contribution < 1.29 is 34.1 Å². The maximum atomic E-state index is 14.4. The SMILES string of the molecule is C=C(C)[C@@H]1CC[C@]2(C(=O)NCc3ccc(C(=O)O)s3)CC[C@]3(C)C(CCC4[C@@]5(C)CCC(OC(=O)CC(C)(C)C(=O)O)C(C)(C)C5CC[C@]43C)C12. The summed E-state index contributed by atoms with van der Waals surface area (Å²) in [6, 6.07) is 3.43. The van der Waals surface area contributed by atoms with E-state index in [-0.39, 0.29) is 50.9 Å². The van der Waals surface area contributed by atoms with Gasteiger partial charge in [-0.3, -0.25) is 14.4 Å². The zero-order valence-corrected chi connectivity index (χ0v) is 33.0. The van der Waals surface area contributed by atoms with Crippen LogP contribution in [-0.2, 0) is 25.7 Å². The Labute approximate surface area is 308 Å². The van der Waals surface area contributed by atoms with Gasteiger partial charge in [-0.15, -0.1) is 11.3 Å². The van der Waals surface area contributed by atoms with Crippen molar-refractivity contribution in [2.24, 2.45) is 62.1 Å². The molecule has 0 aliphatic heterocycles. The van der Waals surface area contributed by atoms with Gasteiger partial charge in [0.05, 0.1) is 23.8 Å². The minimum absolute atomic E-state index is 0.0659. The second-order valence-electron chi connectivity index (χ2n) is 19.3. The third kappa shape index (κ3) is 5.81. The van der Waals surface area contributed by atoms with E-state index in [0.717, 1.165) is 69.1 Å². The number of ether oxygens (including phenoxy) is 1. The molecular formula is C42H61NO7S. The number of carbonyl (C=O) groups excluding carboxylic acids is 2. The van der Waals surface area contributed by atoms with Gasteiger partial charge in [0.1, 0.15) is 11.0 Å². The molecule has 1 aromatic heterocycles. The zero-order valence-electron chi connectivity index (χ0n) is 32.2. The van der Waals surface area contributed by atoms with E-state index in [1.165, 1.54) is 16.9 Å². The lowest BCUT2D eigenvalue weighted by Gasteiger charge is -2.72. The number of carbonyl (C=O) groups is 4. The molecule has 5 saturated carbocycles. The molecule has 3 N–H and O–H groups in total. The van der Waals surface area contributed by atoms with Crippen LogP contribution in [0.1, 0.15) is 141 Å². The van der Waals surface area contributed by atoms with Crippen LogP contribution in [0.5, 0.6) is 0 Å². The quantitative estimate of drug-likeness (QED) is 0.171. The fourth-order valence-corrected chi connectivity index (χ4v) is 14.1. The van der Waals surface area contributed by atoms with Gasteiger partial charge in [-0.25, -0.2) is 4.79 Å². The lowest BCUT2D eigenvalue weighted by molar-refractivity contribution is -0.249. The van der Waals surface area contributed by atoms with Crippen LogP contribution in [0.25, 0.3) is 0 Å². The molecule has 5 unspecified atom stereocenters. The number of carboxylic acid groups (broad SMARTS) is 2. The molecule has 8 nitrogen and oxygen atoms in total. The minimum atomic E-state index is -1.16. The molecule has 9 heteroatoms. The van der Waals surface area contributed by atoms with Crippen LogP contribution in [0.2, 0.25) is 0 Å². The van der Waals surface area contributed by atoms with Crippen molar-refractivity contribution in [3.8, 4) is 0 Å². The average Bonchev–Trinajstić information content (AvgIpc) is 3.68. The van der Waals surface area contributed by atoms with Crippen LogP contribution in [0.4, 0.5) is 0 Å². The molecule has 1 amide bonds. The summed E-state index contributed by atoms with van der Waals surface area (Å²) in [6.07, 6.45) is 9.53. The van der Waals surface area contributed by atoms with Crippen molar-refractivity contribution in [2.75, 3.05) is 0 Å². The maximum Gasteiger partial charge on any atom is 0.345 e. The van der Waals surface area contributed by atoms with E-state index < -0.39 is 28.7 Å². The normalized spacial score (nSPS) is 39.8. The van der Waals surface area contributed by atoms with Gasteiger partial charge < -0.3 is 20.3 Å². The monoisotopic (exact) mass is 723 g/mol. The molecule has 282 valence electrons. The predicted molar refractivity (Wildman–Crippen MR) is 198 cm³/mol. The first kappa shape index (κ1) is 38.1. The highest BCUT2D eigenvalue weighted by Crippen LogP contribution is 2.77. The number of rotatable bonds is 9. The van der Waals surface area contributed by atoms with Crippen LogP contribution < -0.4 is 5.32 Å². The van der Waals surface area contributed by atoms with Gasteiger partial charge >= 0.3 is 17.9 Å². The van der Waals surface area contributed by atoms with Crippen LogP contribution >= 0.6 is 11.3 Å². The number of allylic oxidation sites excluding steroid dienone is 1. The van der Waals surface area contributed by atoms with Gasteiger partial charge in [0, 0.05) is 10.3 Å². The van der Waals surface area contributed by atoms with Crippen molar-refractivity contribution in [3.05, 3.63) is 34.0 Å². The van der Waals surface area contributed by atoms with Crippen molar-refractivity contribution in [3.63, 3.8) is 0 Å². The number of aliphatic carboxylic acids is 1. The third-order valence-corrected chi connectivity index (χ3v) is 17.3. The molecular weight excluding hydrogens is 663 g/mol. The van der Waals surface area contributed by atoms with Crippen LogP contribution in [0.15, 0.2) is 24.3 Å². The number of aromatic carboxylic acids is 1. The Bertz CT molecular complexity index is 1610. The summed E-state index contributed by atoms with van der Waals surface area (Å²) in [5.74, 6) is -0.376. The Morgan fingerprint density at radius 3 is 2.24 bits per heavy atom. The lowest BCUT2D eigenvalue weighted by Crippen LogP contribution is -2.67. The second kappa shape index (κ2) is 12.7. The van der Waals surface area contributed by atoms with Crippen molar-refractivity contribution >= 4 is 35.2 Å². The van der Waals surface area contributed by atoms with Gasteiger partial charge in [0.25, 0.3) is 0 Å². The fourth-order valence-electron chi connectivity index (χ4n) is 13.3. The fraction of sp³-hybridized carbons (Fsp3) is 0.762. The molecule has 51 heavy (non-hydrogen) atoms. The Balaban J connectivity index is 1.24. The third-order valence-electron chi connectivity index (χ3n) is 16.2. The summed E-state index contributed by atoms with van der Waals surface area (Å²) in [7, 11) is 0. The van der Waals surface area contributed by atoms with E-state index in [9.17, 15) is 29.4 Å². The van der Waals surface area contributed by atoms with Gasteiger partial charge in [-0.2, -0.15) is 0 Å². The Morgan fingerprint density at radius 2 is 1.61 bits per heavy atom. The van der Waals surface area contributed by atoms with Gasteiger partial charge in [0.15, 0.2) is 0 Å². The van der Waals surface area contributed by atoms with Crippen molar-refractivity contribution in [1.29, 1.82) is 0 Å². The second-order valence-corrected chi connectivity index (χ2v) is 20.5. The van der Waals surface area contributed by atoms with Crippen molar-refractivity contribution in [1.82, 2.24) is 5.32 Å². The highest BCUT2D eigenvalue weighted by Gasteiger charge is 2.72. The molecule has 0 saturated heterocycles. The first-order valence-electron chi connectivity index (χ1n) is 19.3. The minimum Gasteiger partial charge on any atom is -0.481 e. The molecule has 5 fully saturated rings. The largest absolute Gasteiger partial charge is 0.481 e. The number of carboxylic acids is 2. The number of fused-ring (bicyclic) bond motifs is 7. The Kier molecular flexibility index (Phi) is 9.50. The molecule has 0 radical (unpaired) electrons. The summed E-state index contributed by atoms with van der Waals surface area (Å²) in [4.78, 5) is 51.8. The number of nitrogens with one attached hydrogen (secondary N) is 1. The molecule has 10 atom stereocenters. The maximum absolute atomic E-state index is 14.4. The molecule has 1 aromatic rings. The molecule has 0 spiro atoms. The van der Waals surface area contributed by atoms with E-state index in [1.54, 1.807) is 19.9 Å². The summed E-state index contributed by atoms with van der Waals surface area (Å²) in [5.41, 5.74) is -0.408. The van der Waals surface area contributed by atoms with Gasteiger partial charge in [-0.1, -0.05) is 46.8 Å².